The lowest BCUT2D eigenvalue weighted by Crippen LogP contribution is -2.07. The summed E-state index contributed by atoms with van der Waals surface area (Å²) in [5.41, 5.74) is 0.121. The minimum atomic E-state index is -0.801. The lowest BCUT2D eigenvalue weighted by Gasteiger charge is -2.01. The van der Waals surface area contributed by atoms with Gasteiger partial charge >= 0.3 is 11.8 Å². The summed E-state index contributed by atoms with van der Waals surface area (Å²) in [4.78, 5) is 24.6. The van der Waals surface area contributed by atoms with Gasteiger partial charge in [0.15, 0.2) is 5.56 Å². The molecular weight excluding hydrogens is 295 g/mol. The Morgan fingerprint density at radius 2 is 2.16 bits per heavy atom. The Bertz CT molecular complexity index is 681. The van der Waals surface area contributed by atoms with Gasteiger partial charge in [0, 0.05) is 11.1 Å². The number of esters is 1. The van der Waals surface area contributed by atoms with Crippen molar-refractivity contribution in [3.8, 4) is 0 Å². The van der Waals surface area contributed by atoms with Gasteiger partial charge in [-0.1, -0.05) is 23.2 Å². The first-order valence-corrected chi connectivity index (χ1v) is 6.03. The molecule has 0 amide bonds. The zero-order valence-electron chi connectivity index (χ0n) is 9.70. The van der Waals surface area contributed by atoms with E-state index in [1.807, 2.05) is 0 Å². The molecule has 100 valence electrons. The van der Waals surface area contributed by atoms with E-state index in [-0.39, 0.29) is 22.6 Å². The smallest absolute Gasteiger partial charge is 0.347 e. The molecule has 2 aromatic rings. The van der Waals surface area contributed by atoms with Gasteiger partial charge in [-0.15, -0.1) is 0 Å². The number of aromatic amines is 1. The summed E-state index contributed by atoms with van der Waals surface area (Å²) in [6.45, 7) is 1.71. The van der Waals surface area contributed by atoms with Crippen LogP contribution in [0, 0.1) is 10.1 Å². The maximum absolute atomic E-state index is 11.8. The Kier molecular flexibility index (Phi) is 3.64. The summed E-state index contributed by atoms with van der Waals surface area (Å²) in [6.07, 6.45) is 0. The van der Waals surface area contributed by atoms with E-state index in [1.54, 1.807) is 6.92 Å². The van der Waals surface area contributed by atoms with Crippen LogP contribution in [0.15, 0.2) is 12.1 Å². The van der Waals surface area contributed by atoms with Crippen LogP contribution in [-0.2, 0) is 4.74 Å². The van der Waals surface area contributed by atoms with Crippen LogP contribution in [-0.4, -0.2) is 22.5 Å². The first kappa shape index (κ1) is 13.6. The van der Waals surface area contributed by atoms with Gasteiger partial charge in [-0.05, 0) is 17.9 Å². The summed E-state index contributed by atoms with van der Waals surface area (Å²) in [5.74, 6) is -1.26. The zero-order chi connectivity index (χ0) is 14.2. The molecule has 0 unspecified atom stereocenters. The monoisotopic (exact) mass is 302 g/mol. The lowest BCUT2D eigenvalue weighted by atomic mass is 10.1. The number of ether oxygens (including phenoxy) is 1. The van der Waals surface area contributed by atoms with Crippen LogP contribution in [0.5, 0.6) is 0 Å². The standard InChI is InChI=1S/C11H8Cl2N2O4/c1-2-19-11(16)9-8-6(13)3-5(12)4-7(8)14-10(9)15(17)18/h3-4,14H,2H2,1H3. The highest BCUT2D eigenvalue weighted by atomic mass is 35.5. The quantitative estimate of drug-likeness (QED) is 0.533. The van der Waals surface area contributed by atoms with Crippen LogP contribution in [0.3, 0.4) is 0 Å². The molecule has 1 aromatic carbocycles. The third-order valence-electron chi connectivity index (χ3n) is 2.46. The van der Waals surface area contributed by atoms with Crippen molar-refractivity contribution >= 4 is 45.9 Å². The maximum Gasteiger partial charge on any atom is 0.347 e. The number of aromatic nitrogens is 1. The van der Waals surface area contributed by atoms with Crippen LogP contribution < -0.4 is 0 Å². The summed E-state index contributed by atoms with van der Waals surface area (Å²) in [5, 5.41) is 11.7. The Morgan fingerprint density at radius 3 is 2.74 bits per heavy atom. The Morgan fingerprint density at radius 1 is 1.47 bits per heavy atom. The molecule has 19 heavy (non-hydrogen) atoms. The fourth-order valence-corrected chi connectivity index (χ4v) is 2.36. The molecule has 1 aromatic heterocycles. The average molecular weight is 303 g/mol. The van der Waals surface area contributed by atoms with Crippen molar-refractivity contribution in [2.45, 2.75) is 6.92 Å². The van der Waals surface area contributed by atoms with Crippen LogP contribution >= 0.6 is 23.2 Å². The number of halogens is 2. The van der Waals surface area contributed by atoms with Gasteiger partial charge in [-0.2, -0.15) is 0 Å². The molecule has 0 atom stereocenters. The van der Waals surface area contributed by atoms with E-state index in [4.69, 9.17) is 27.9 Å². The van der Waals surface area contributed by atoms with Crippen LogP contribution in [0.2, 0.25) is 10.0 Å². The topological polar surface area (TPSA) is 85.2 Å². The number of carbonyl (C=O) groups is 1. The highest BCUT2D eigenvalue weighted by molar-refractivity contribution is 6.39. The first-order chi connectivity index (χ1) is 8.95. The average Bonchev–Trinajstić information content (AvgIpc) is 2.68. The number of carbonyl (C=O) groups excluding carboxylic acids is 1. The van der Waals surface area contributed by atoms with Crippen molar-refractivity contribution in [2.75, 3.05) is 6.61 Å². The second-order valence-corrected chi connectivity index (χ2v) is 4.48. The van der Waals surface area contributed by atoms with Gasteiger partial charge in [-0.25, -0.2) is 9.78 Å². The van der Waals surface area contributed by atoms with E-state index >= 15 is 0 Å². The molecule has 6 nitrogen and oxygen atoms in total. The number of rotatable bonds is 3. The van der Waals surface area contributed by atoms with Crippen LogP contribution in [0.4, 0.5) is 5.82 Å². The van der Waals surface area contributed by atoms with E-state index < -0.39 is 16.7 Å². The number of fused-ring (bicyclic) bond motifs is 1. The minimum Gasteiger partial charge on any atom is -0.462 e. The van der Waals surface area contributed by atoms with E-state index in [0.29, 0.717) is 10.5 Å². The molecule has 2 rings (SSSR count). The van der Waals surface area contributed by atoms with Crippen LogP contribution in [0.25, 0.3) is 10.9 Å². The molecule has 0 fully saturated rings. The second kappa shape index (κ2) is 5.07. The minimum absolute atomic E-state index is 0.105. The number of H-pyrrole nitrogens is 1. The van der Waals surface area contributed by atoms with Gasteiger partial charge in [0.2, 0.25) is 0 Å². The fourth-order valence-electron chi connectivity index (χ4n) is 1.77. The second-order valence-electron chi connectivity index (χ2n) is 3.64. The van der Waals surface area contributed by atoms with Crippen molar-refractivity contribution in [1.82, 2.24) is 4.98 Å². The maximum atomic E-state index is 11.8. The van der Waals surface area contributed by atoms with E-state index in [9.17, 15) is 14.9 Å². The fraction of sp³-hybridized carbons (Fsp3) is 0.182. The van der Waals surface area contributed by atoms with Crippen molar-refractivity contribution in [1.29, 1.82) is 0 Å². The van der Waals surface area contributed by atoms with Crippen molar-refractivity contribution < 1.29 is 14.5 Å². The molecule has 0 saturated carbocycles. The molecule has 0 saturated heterocycles. The number of nitro groups is 1. The molecular formula is C11H8Cl2N2O4. The highest BCUT2D eigenvalue weighted by Crippen LogP contribution is 2.35. The third kappa shape index (κ3) is 2.36. The number of nitrogens with zero attached hydrogens (tertiary/aromatic N) is 1. The predicted molar refractivity (Wildman–Crippen MR) is 70.9 cm³/mol. The number of hydrogen-bond donors (Lipinski definition) is 1. The summed E-state index contributed by atoms with van der Waals surface area (Å²) < 4.78 is 4.82. The SMILES string of the molecule is CCOC(=O)c1c([N+](=O)[O-])[nH]c2cc(Cl)cc(Cl)c12. The van der Waals surface area contributed by atoms with E-state index in [1.165, 1.54) is 12.1 Å². The molecule has 0 radical (unpaired) electrons. The van der Waals surface area contributed by atoms with E-state index in [0.717, 1.165) is 0 Å². The van der Waals surface area contributed by atoms with Crippen molar-refractivity contribution in [2.24, 2.45) is 0 Å². The van der Waals surface area contributed by atoms with Gasteiger partial charge in [0.25, 0.3) is 0 Å². The number of benzene rings is 1. The third-order valence-corrected chi connectivity index (χ3v) is 2.97. The molecule has 0 aliphatic carbocycles. The Hall–Kier alpha value is -1.79. The molecule has 0 aliphatic rings. The zero-order valence-corrected chi connectivity index (χ0v) is 11.2. The lowest BCUT2D eigenvalue weighted by molar-refractivity contribution is -0.389. The normalized spacial score (nSPS) is 10.7. The Balaban J connectivity index is 2.80. The molecule has 0 bridgehead atoms. The number of nitrogens with one attached hydrogen (secondary N) is 1. The van der Waals surface area contributed by atoms with Crippen LogP contribution in [0.1, 0.15) is 17.3 Å². The largest absolute Gasteiger partial charge is 0.462 e. The van der Waals surface area contributed by atoms with Gasteiger partial charge in [0.1, 0.15) is 5.52 Å². The molecule has 1 N–H and O–H groups in total. The first-order valence-electron chi connectivity index (χ1n) is 5.28. The Labute approximate surface area is 117 Å². The van der Waals surface area contributed by atoms with Crippen molar-refractivity contribution in [3.05, 3.63) is 37.9 Å². The van der Waals surface area contributed by atoms with E-state index in [2.05, 4.69) is 4.98 Å². The summed E-state index contributed by atoms with van der Waals surface area (Å²) in [7, 11) is 0. The van der Waals surface area contributed by atoms with Crippen molar-refractivity contribution in [3.63, 3.8) is 0 Å². The summed E-state index contributed by atoms with van der Waals surface area (Å²) in [6, 6.07) is 2.87. The molecule has 1 heterocycles. The molecule has 8 heteroatoms. The highest BCUT2D eigenvalue weighted by Gasteiger charge is 2.29. The molecule has 0 aliphatic heterocycles. The number of hydrogen-bond acceptors (Lipinski definition) is 4. The predicted octanol–water partition coefficient (Wildman–Crippen LogP) is 3.56. The van der Waals surface area contributed by atoms with Gasteiger partial charge < -0.3 is 14.9 Å². The van der Waals surface area contributed by atoms with Gasteiger partial charge in [-0.3, -0.25) is 0 Å². The van der Waals surface area contributed by atoms with Gasteiger partial charge in [0.05, 0.1) is 17.0 Å². The summed E-state index contributed by atoms with van der Waals surface area (Å²) >= 11 is 11.8. The molecule has 0 spiro atoms.